The summed E-state index contributed by atoms with van der Waals surface area (Å²) in [5.74, 6) is 0.965. The SMILES string of the molecule is CCNC(=O)Nc1ccc(-c2cnc3nc2NCCCNS(=O)(=O)c2cccc(c2)N3)cc1. The molecule has 0 aliphatic carbocycles. The first kappa shape index (κ1) is 22.5. The maximum absolute atomic E-state index is 12.5. The Morgan fingerprint density at radius 1 is 1.12 bits per heavy atom. The van der Waals surface area contributed by atoms with Gasteiger partial charge >= 0.3 is 6.03 Å². The lowest BCUT2D eigenvalue weighted by atomic mass is 10.1. The van der Waals surface area contributed by atoms with Crippen LogP contribution in [0.3, 0.4) is 0 Å². The summed E-state index contributed by atoms with van der Waals surface area (Å²) in [6.07, 6.45) is 2.28. The molecule has 0 unspecified atom stereocenters. The zero-order chi connectivity index (χ0) is 23.3. The zero-order valence-corrected chi connectivity index (χ0v) is 18.9. The van der Waals surface area contributed by atoms with Crippen LogP contribution in [0.15, 0.2) is 59.6 Å². The molecule has 4 bridgehead atoms. The van der Waals surface area contributed by atoms with Crippen LogP contribution in [0.2, 0.25) is 0 Å². The van der Waals surface area contributed by atoms with Crippen LogP contribution in [0, 0.1) is 0 Å². The van der Waals surface area contributed by atoms with Gasteiger partial charge in [0.25, 0.3) is 0 Å². The zero-order valence-electron chi connectivity index (χ0n) is 18.1. The molecule has 0 spiro atoms. The predicted octanol–water partition coefficient (Wildman–Crippen LogP) is 3.12. The lowest BCUT2D eigenvalue weighted by molar-refractivity contribution is 0.252. The monoisotopic (exact) mass is 467 g/mol. The molecule has 2 amide bonds. The van der Waals surface area contributed by atoms with Crippen LogP contribution in [0.1, 0.15) is 13.3 Å². The predicted molar refractivity (Wildman–Crippen MR) is 128 cm³/mol. The fourth-order valence-corrected chi connectivity index (χ4v) is 4.43. The van der Waals surface area contributed by atoms with Crippen molar-refractivity contribution in [2.24, 2.45) is 0 Å². The number of hydrogen-bond acceptors (Lipinski definition) is 7. The number of urea groups is 1. The minimum Gasteiger partial charge on any atom is -0.369 e. The van der Waals surface area contributed by atoms with Crippen molar-refractivity contribution in [1.29, 1.82) is 0 Å². The molecular formula is C22H25N7O3S. The Morgan fingerprint density at radius 2 is 1.94 bits per heavy atom. The number of rotatable bonds is 3. The number of anilines is 4. The third-order valence-electron chi connectivity index (χ3n) is 4.92. The first-order chi connectivity index (χ1) is 15.9. The molecular weight excluding hydrogens is 442 g/mol. The second-order valence-corrected chi connectivity index (χ2v) is 9.12. The number of aromatic nitrogens is 2. The van der Waals surface area contributed by atoms with Crippen molar-refractivity contribution in [3.8, 4) is 11.1 Å². The van der Waals surface area contributed by atoms with Gasteiger partial charge in [-0.15, -0.1) is 0 Å². The molecule has 33 heavy (non-hydrogen) atoms. The van der Waals surface area contributed by atoms with Gasteiger partial charge in [0.15, 0.2) is 0 Å². The molecule has 2 aromatic carbocycles. The normalized spacial score (nSPS) is 14.9. The smallest absolute Gasteiger partial charge is 0.319 e. The van der Waals surface area contributed by atoms with E-state index in [0.29, 0.717) is 49.2 Å². The van der Waals surface area contributed by atoms with Gasteiger partial charge in [0.05, 0.1) is 4.90 Å². The first-order valence-corrected chi connectivity index (χ1v) is 12.1. The Morgan fingerprint density at radius 3 is 2.73 bits per heavy atom. The van der Waals surface area contributed by atoms with Crippen molar-refractivity contribution in [3.05, 3.63) is 54.7 Å². The minimum atomic E-state index is -3.60. The fourth-order valence-electron chi connectivity index (χ4n) is 3.31. The summed E-state index contributed by atoms with van der Waals surface area (Å²) in [6.45, 7) is 3.20. The molecule has 3 aromatic rings. The molecule has 0 radical (unpaired) electrons. The van der Waals surface area contributed by atoms with Gasteiger partial charge in [0, 0.05) is 42.8 Å². The van der Waals surface area contributed by atoms with E-state index in [1.165, 1.54) is 0 Å². The van der Waals surface area contributed by atoms with Crippen molar-refractivity contribution < 1.29 is 13.2 Å². The number of benzene rings is 2. The molecule has 2 heterocycles. The molecule has 4 rings (SSSR count). The molecule has 10 nitrogen and oxygen atoms in total. The number of nitrogens with zero attached hydrogens (tertiary/aromatic N) is 2. The Kier molecular flexibility index (Phi) is 6.71. The highest BCUT2D eigenvalue weighted by molar-refractivity contribution is 7.89. The average molecular weight is 468 g/mol. The number of amides is 2. The number of hydrogen-bond donors (Lipinski definition) is 5. The van der Waals surface area contributed by atoms with Crippen LogP contribution in [0.5, 0.6) is 0 Å². The van der Waals surface area contributed by atoms with Crippen LogP contribution >= 0.6 is 0 Å². The van der Waals surface area contributed by atoms with E-state index in [1.807, 2.05) is 31.2 Å². The molecule has 1 aliphatic heterocycles. The molecule has 5 N–H and O–H groups in total. The summed E-state index contributed by atoms with van der Waals surface area (Å²) in [6, 6.07) is 13.6. The molecule has 11 heteroatoms. The van der Waals surface area contributed by atoms with Gasteiger partial charge in [-0.05, 0) is 49.2 Å². The van der Waals surface area contributed by atoms with E-state index in [2.05, 4.69) is 36.0 Å². The van der Waals surface area contributed by atoms with Crippen LogP contribution in [-0.4, -0.2) is 44.1 Å². The summed E-state index contributed by atoms with van der Waals surface area (Å²) in [4.78, 5) is 20.9. The number of sulfonamides is 1. The van der Waals surface area contributed by atoms with Gasteiger partial charge in [-0.25, -0.2) is 22.9 Å². The van der Waals surface area contributed by atoms with Gasteiger partial charge in [-0.3, -0.25) is 0 Å². The van der Waals surface area contributed by atoms with E-state index in [0.717, 1.165) is 11.1 Å². The average Bonchev–Trinajstić information content (AvgIpc) is 2.80. The molecule has 172 valence electrons. The minimum absolute atomic E-state index is 0.179. The van der Waals surface area contributed by atoms with Gasteiger partial charge in [-0.1, -0.05) is 18.2 Å². The van der Waals surface area contributed by atoms with Crippen LogP contribution in [0.25, 0.3) is 11.1 Å². The lowest BCUT2D eigenvalue weighted by Crippen LogP contribution is -2.28. The van der Waals surface area contributed by atoms with Crippen LogP contribution < -0.4 is 26.0 Å². The second kappa shape index (κ2) is 9.84. The van der Waals surface area contributed by atoms with Crippen molar-refractivity contribution >= 4 is 39.2 Å². The maximum atomic E-state index is 12.5. The fraction of sp³-hybridized carbons (Fsp3) is 0.227. The number of carbonyl (C=O) groups excluding carboxylic acids is 1. The third-order valence-corrected chi connectivity index (χ3v) is 6.38. The highest BCUT2D eigenvalue weighted by Gasteiger charge is 2.16. The molecule has 0 saturated carbocycles. The Bertz CT molecular complexity index is 1250. The van der Waals surface area contributed by atoms with E-state index in [4.69, 9.17) is 0 Å². The van der Waals surface area contributed by atoms with Crippen LogP contribution in [-0.2, 0) is 10.0 Å². The first-order valence-electron chi connectivity index (χ1n) is 10.6. The second-order valence-electron chi connectivity index (χ2n) is 7.35. The molecule has 0 fully saturated rings. The quantitative estimate of drug-likeness (QED) is 0.399. The maximum Gasteiger partial charge on any atom is 0.319 e. The van der Waals surface area contributed by atoms with Crippen molar-refractivity contribution in [1.82, 2.24) is 20.0 Å². The van der Waals surface area contributed by atoms with E-state index in [1.54, 1.807) is 30.5 Å². The summed E-state index contributed by atoms with van der Waals surface area (Å²) in [5, 5.41) is 11.8. The summed E-state index contributed by atoms with van der Waals surface area (Å²) in [7, 11) is -3.60. The standard InChI is InChI=1S/C22H25N7O3S/c1-2-23-22(30)28-16-9-7-15(8-10-16)19-14-25-21-27-17-5-3-6-18(13-17)33(31,32)26-12-4-11-24-20(19)29-21/h3,5-10,13-14,26H,2,4,11-12H2,1H3,(H2,23,28,30)(H2,24,25,27,29). The highest BCUT2D eigenvalue weighted by atomic mass is 32.2. The van der Waals surface area contributed by atoms with Crippen molar-refractivity contribution in [2.45, 2.75) is 18.2 Å². The number of fused-ring (bicyclic) bond motifs is 4. The van der Waals surface area contributed by atoms with E-state index in [-0.39, 0.29) is 10.9 Å². The van der Waals surface area contributed by atoms with Gasteiger partial charge in [0.1, 0.15) is 5.82 Å². The van der Waals surface area contributed by atoms with Gasteiger partial charge in [-0.2, -0.15) is 4.98 Å². The van der Waals surface area contributed by atoms with Crippen LogP contribution in [0.4, 0.5) is 27.9 Å². The van der Waals surface area contributed by atoms with Gasteiger partial charge in [0.2, 0.25) is 16.0 Å². The summed E-state index contributed by atoms with van der Waals surface area (Å²) >= 11 is 0. The van der Waals surface area contributed by atoms with Crippen molar-refractivity contribution in [3.63, 3.8) is 0 Å². The van der Waals surface area contributed by atoms with Gasteiger partial charge < -0.3 is 21.3 Å². The summed E-state index contributed by atoms with van der Waals surface area (Å²) in [5.41, 5.74) is 2.90. The molecule has 1 aliphatic rings. The number of carbonyl (C=O) groups is 1. The molecule has 0 atom stereocenters. The lowest BCUT2D eigenvalue weighted by Gasteiger charge is -2.13. The highest BCUT2D eigenvalue weighted by Crippen LogP contribution is 2.29. The number of nitrogens with one attached hydrogen (secondary N) is 5. The molecule has 1 aromatic heterocycles. The summed E-state index contributed by atoms with van der Waals surface area (Å²) < 4.78 is 27.6. The van der Waals surface area contributed by atoms with E-state index in [9.17, 15) is 13.2 Å². The van der Waals surface area contributed by atoms with Crippen molar-refractivity contribution in [2.75, 3.05) is 35.6 Å². The topological polar surface area (TPSA) is 137 Å². The Balaban J connectivity index is 1.62. The molecule has 0 saturated heterocycles. The largest absolute Gasteiger partial charge is 0.369 e. The van der Waals surface area contributed by atoms with E-state index < -0.39 is 10.0 Å². The third kappa shape index (κ3) is 5.57. The van der Waals surface area contributed by atoms with E-state index >= 15 is 0 Å². The Labute approximate surface area is 192 Å². The Hall–Kier alpha value is -3.70.